The van der Waals surface area contributed by atoms with Gasteiger partial charge in [-0.1, -0.05) is 13.8 Å². The highest BCUT2D eigenvalue weighted by Crippen LogP contribution is 2.26. The molecule has 11 nitrogen and oxygen atoms in total. The van der Waals surface area contributed by atoms with Crippen LogP contribution >= 0.6 is 11.3 Å². The molecule has 2 rings (SSSR count). The van der Waals surface area contributed by atoms with Crippen LogP contribution in [0.4, 0.5) is 4.79 Å². The summed E-state index contributed by atoms with van der Waals surface area (Å²) in [5.74, 6) is -1.83. The van der Waals surface area contributed by atoms with Crippen LogP contribution in [0.25, 0.3) is 0 Å². The Morgan fingerprint density at radius 3 is 2.40 bits per heavy atom. The van der Waals surface area contributed by atoms with Gasteiger partial charge in [0.1, 0.15) is 22.7 Å². The van der Waals surface area contributed by atoms with E-state index >= 15 is 0 Å². The number of aliphatic hydroxyl groups excluding tert-OH is 1. The average molecular weight is 513 g/mol. The highest BCUT2D eigenvalue weighted by Gasteiger charge is 2.39. The van der Waals surface area contributed by atoms with Gasteiger partial charge >= 0.3 is 12.1 Å². The van der Waals surface area contributed by atoms with E-state index in [-0.39, 0.29) is 11.6 Å². The topological polar surface area (TPSA) is 147 Å². The number of thiazole rings is 1. The molecular formula is C23H36N4O7S. The van der Waals surface area contributed by atoms with Crippen molar-refractivity contribution < 1.29 is 33.8 Å². The largest absolute Gasteiger partial charge is 0.464 e. The number of likely N-dealkylation sites (tertiary alicyclic amines) is 1. The molecule has 0 aromatic carbocycles. The van der Waals surface area contributed by atoms with Crippen molar-refractivity contribution in [3.63, 3.8) is 0 Å². The third-order valence-electron chi connectivity index (χ3n) is 5.39. The number of nitrogens with one attached hydrogen (secondary N) is 2. The standard InChI is InChI=1S/C23H36N4O7S/c1-12(2)16(20-24-14(11-35-20)21(31)33-7)25-19(30)17(13(3)28)26-18(29)15-9-8-10-27(15)22(32)34-23(4,5)6/h11-13,15-17,28H,8-10H2,1-7H3,(H,25,30)(H,26,29)/t13-,15-,16-,17-/m0/s1. The molecule has 2 heterocycles. The van der Waals surface area contributed by atoms with E-state index in [1.807, 2.05) is 13.8 Å². The zero-order valence-corrected chi connectivity index (χ0v) is 22.1. The predicted octanol–water partition coefficient (Wildman–Crippen LogP) is 2.01. The number of methoxy groups -OCH3 is 1. The maximum absolute atomic E-state index is 13.1. The molecular weight excluding hydrogens is 476 g/mol. The minimum atomic E-state index is -1.26. The van der Waals surface area contributed by atoms with Crippen LogP contribution in [0.2, 0.25) is 0 Å². The Morgan fingerprint density at radius 1 is 1.20 bits per heavy atom. The van der Waals surface area contributed by atoms with E-state index in [9.17, 15) is 24.3 Å². The van der Waals surface area contributed by atoms with E-state index in [2.05, 4.69) is 20.4 Å². The third-order valence-corrected chi connectivity index (χ3v) is 6.32. The summed E-state index contributed by atoms with van der Waals surface area (Å²) in [6.45, 7) is 10.7. The summed E-state index contributed by atoms with van der Waals surface area (Å²) in [6.07, 6.45) is -0.767. The Kier molecular flexibility index (Phi) is 9.61. The second kappa shape index (κ2) is 11.8. The molecule has 0 radical (unpaired) electrons. The van der Waals surface area contributed by atoms with Crippen molar-refractivity contribution >= 4 is 35.2 Å². The number of aliphatic hydroxyl groups is 1. The molecule has 0 spiro atoms. The number of ether oxygens (including phenoxy) is 2. The highest BCUT2D eigenvalue weighted by atomic mass is 32.1. The van der Waals surface area contributed by atoms with Crippen molar-refractivity contribution in [2.45, 2.75) is 84.2 Å². The van der Waals surface area contributed by atoms with Gasteiger partial charge in [-0.15, -0.1) is 11.3 Å². The van der Waals surface area contributed by atoms with Gasteiger partial charge < -0.3 is 25.2 Å². The van der Waals surface area contributed by atoms with Crippen LogP contribution in [0.5, 0.6) is 0 Å². The summed E-state index contributed by atoms with van der Waals surface area (Å²) in [7, 11) is 1.26. The molecule has 196 valence electrons. The lowest BCUT2D eigenvalue weighted by atomic mass is 10.0. The van der Waals surface area contributed by atoms with Gasteiger partial charge in [-0.25, -0.2) is 14.6 Å². The SMILES string of the molecule is COC(=O)c1csc([C@@H](NC(=O)[C@@H](NC(=O)[C@@H]2CCCN2C(=O)OC(C)(C)C)[C@H](C)O)C(C)C)n1. The van der Waals surface area contributed by atoms with E-state index in [4.69, 9.17) is 4.74 Å². The number of carbonyl (C=O) groups is 4. The smallest absolute Gasteiger partial charge is 0.410 e. The first-order valence-electron chi connectivity index (χ1n) is 11.6. The summed E-state index contributed by atoms with van der Waals surface area (Å²) in [5, 5.41) is 17.7. The number of aromatic nitrogens is 1. The quantitative estimate of drug-likeness (QED) is 0.448. The van der Waals surface area contributed by atoms with Gasteiger partial charge in [0, 0.05) is 11.9 Å². The van der Waals surface area contributed by atoms with Gasteiger partial charge in [0.15, 0.2) is 5.69 Å². The number of nitrogens with zero attached hydrogens (tertiary/aromatic N) is 2. The van der Waals surface area contributed by atoms with Crippen LogP contribution < -0.4 is 10.6 Å². The van der Waals surface area contributed by atoms with Crippen molar-refractivity contribution in [2.75, 3.05) is 13.7 Å². The first-order chi connectivity index (χ1) is 16.2. The average Bonchev–Trinajstić information content (AvgIpc) is 3.43. The third kappa shape index (κ3) is 7.63. The number of esters is 1. The lowest BCUT2D eigenvalue weighted by molar-refractivity contribution is -0.134. The minimum absolute atomic E-state index is 0.0987. The van der Waals surface area contributed by atoms with Crippen molar-refractivity contribution in [1.29, 1.82) is 0 Å². The Bertz CT molecular complexity index is 925. The fourth-order valence-corrected chi connectivity index (χ4v) is 4.63. The fourth-order valence-electron chi connectivity index (χ4n) is 3.62. The van der Waals surface area contributed by atoms with Crippen molar-refractivity contribution in [3.8, 4) is 0 Å². The maximum Gasteiger partial charge on any atom is 0.410 e. The Morgan fingerprint density at radius 2 is 1.86 bits per heavy atom. The van der Waals surface area contributed by atoms with Gasteiger partial charge in [0.2, 0.25) is 11.8 Å². The monoisotopic (exact) mass is 512 g/mol. The number of hydrogen-bond donors (Lipinski definition) is 3. The van der Waals surface area contributed by atoms with Crippen LogP contribution in [-0.2, 0) is 19.1 Å². The first-order valence-corrected chi connectivity index (χ1v) is 12.4. The van der Waals surface area contributed by atoms with Crippen LogP contribution in [0.15, 0.2) is 5.38 Å². The highest BCUT2D eigenvalue weighted by molar-refractivity contribution is 7.09. The van der Waals surface area contributed by atoms with Crippen LogP contribution in [-0.4, -0.2) is 76.3 Å². The molecule has 1 aliphatic rings. The minimum Gasteiger partial charge on any atom is -0.464 e. The summed E-state index contributed by atoms with van der Waals surface area (Å²) in [6, 6.07) is -2.62. The molecule has 3 N–H and O–H groups in total. The summed E-state index contributed by atoms with van der Waals surface area (Å²) in [4.78, 5) is 56.0. The van der Waals surface area contributed by atoms with Gasteiger partial charge in [0.25, 0.3) is 0 Å². The molecule has 3 amide bonds. The second-order valence-electron chi connectivity index (χ2n) is 9.85. The van der Waals surface area contributed by atoms with E-state index in [0.29, 0.717) is 24.4 Å². The normalized spacial score (nSPS) is 18.5. The van der Waals surface area contributed by atoms with Gasteiger partial charge in [-0.05, 0) is 46.5 Å². The van der Waals surface area contributed by atoms with Crippen molar-refractivity contribution in [3.05, 3.63) is 16.1 Å². The lowest BCUT2D eigenvalue weighted by Crippen LogP contribution is -2.57. The molecule has 1 aromatic heterocycles. The lowest BCUT2D eigenvalue weighted by Gasteiger charge is -2.30. The molecule has 0 bridgehead atoms. The molecule has 1 aliphatic heterocycles. The molecule has 1 aromatic rings. The molecule has 0 unspecified atom stereocenters. The van der Waals surface area contributed by atoms with Crippen LogP contribution in [0.3, 0.4) is 0 Å². The molecule has 1 fully saturated rings. The predicted molar refractivity (Wildman–Crippen MR) is 129 cm³/mol. The number of carbonyl (C=O) groups excluding carboxylic acids is 4. The number of hydrogen-bond acceptors (Lipinski definition) is 9. The number of amides is 3. The van der Waals surface area contributed by atoms with E-state index in [1.165, 1.54) is 30.3 Å². The maximum atomic E-state index is 13.1. The first kappa shape index (κ1) is 28.5. The summed E-state index contributed by atoms with van der Waals surface area (Å²) in [5.41, 5.74) is -0.575. The van der Waals surface area contributed by atoms with Crippen LogP contribution in [0.1, 0.15) is 75.9 Å². The van der Waals surface area contributed by atoms with Crippen LogP contribution in [0, 0.1) is 5.92 Å². The van der Waals surface area contributed by atoms with Gasteiger partial charge in [-0.3, -0.25) is 14.5 Å². The molecule has 0 aliphatic carbocycles. The zero-order chi connectivity index (χ0) is 26.5. The fraction of sp³-hybridized carbons (Fsp3) is 0.696. The zero-order valence-electron chi connectivity index (χ0n) is 21.3. The second-order valence-corrected chi connectivity index (χ2v) is 10.7. The molecule has 35 heavy (non-hydrogen) atoms. The van der Waals surface area contributed by atoms with E-state index in [0.717, 1.165) is 0 Å². The Labute approximate surface area is 209 Å². The molecule has 0 saturated carbocycles. The summed E-state index contributed by atoms with van der Waals surface area (Å²) < 4.78 is 10.1. The number of rotatable bonds is 8. The van der Waals surface area contributed by atoms with Crippen molar-refractivity contribution in [2.24, 2.45) is 5.92 Å². The van der Waals surface area contributed by atoms with E-state index < -0.39 is 53.7 Å². The van der Waals surface area contributed by atoms with Gasteiger partial charge in [0.05, 0.1) is 19.3 Å². The molecule has 4 atom stereocenters. The Hall–Kier alpha value is -2.73. The van der Waals surface area contributed by atoms with E-state index in [1.54, 1.807) is 26.2 Å². The summed E-state index contributed by atoms with van der Waals surface area (Å²) >= 11 is 1.20. The molecule has 12 heteroatoms. The van der Waals surface area contributed by atoms with Gasteiger partial charge in [-0.2, -0.15) is 0 Å². The van der Waals surface area contributed by atoms with Crippen molar-refractivity contribution in [1.82, 2.24) is 20.5 Å². The molecule has 1 saturated heterocycles. The Balaban J connectivity index is 2.13.